The molecule has 2 aromatic carbocycles. The van der Waals surface area contributed by atoms with Crippen LogP contribution in [0.2, 0.25) is 0 Å². The highest BCUT2D eigenvalue weighted by atomic mass is 15.2. The maximum absolute atomic E-state index is 4.65. The minimum atomic E-state index is -0.185. The summed E-state index contributed by atoms with van der Waals surface area (Å²) in [5, 5.41) is 3.53. The zero-order chi connectivity index (χ0) is 17.2. The average Bonchev–Trinajstić information content (AvgIpc) is 2.63. The molecule has 3 nitrogen and oxygen atoms in total. The van der Waals surface area contributed by atoms with E-state index in [2.05, 4.69) is 91.5 Å². The third-order valence-corrected chi connectivity index (χ3v) is 4.87. The highest BCUT2D eigenvalue weighted by molar-refractivity contribution is 6.09. The molecule has 124 valence electrons. The van der Waals surface area contributed by atoms with E-state index in [0.29, 0.717) is 6.67 Å². The van der Waals surface area contributed by atoms with Gasteiger partial charge in [-0.05, 0) is 38.8 Å². The van der Waals surface area contributed by atoms with Crippen molar-refractivity contribution >= 4 is 11.7 Å². The van der Waals surface area contributed by atoms with Gasteiger partial charge in [0.25, 0.3) is 0 Å². The maximum Gasteiger partial charge on any atom is 0.133 e. The van der Waals surface area contributed by atoms with Crippen LogP contribution < -0.4 is 5.32 Å². The van der Waals surface area contributed by atoms with Gasteiger partial charge in [0.2, 0.25) is 0 Å². The summed E-state index contributed by atoms with van der Waals surface area (Å²) < 4.78 is 0. The minimum Gasteiger partial charge on any atom is -0.331 e. The van der Waals surface area contributed by atoms with Crippen molar-refractivity contribution in [2.24, 2.45) is 9.98 Å². The standard InChI is InChI=1S/C21H25N3/c1-20(2,16-11-7-5-8-12-16)18-22-15-23-19(24-18)21(3,4)17-13-9-6-10-14-17/h5-14H,15H2,1-4H3,(H,22,23,24). The molecule has 24 heavy (non-hydrogen) atoms. The fraction of sp³-hybridized carbons (Fsp3) is 0.333. The van der Waals surface area contributed by atoms with Crippen molar-refractivity contribution in [3.63, 3.8) is 0 Å². The summed E-state index contributed by atoms with van der Waals surface area (Å²) in [5.41, 5.74) is 2.12. The quantitative estimate of drug-likeness (QED) is 0.896. The lowest BCUT2D eigenvalue weighted by Gasteiger charge is -2.35. The van der Waals surface area contributed by atoms with Gasteiger partial charge in [-0.15, -0.1) is 0 Å². The molecule has 0 spiro atoms. The Hall–Kier alpha value is -2.42. The SMILES string of the molecule is CC(C)(C1=NCN=C(C(C)(C)c2ccccc2)N1)c1ccccc1. The zero-order valence-corrected chi connectivity index (χ0v) is 14.9. The smallest absolute Gasteiger partial charge is 0.133 e. The van der Waals surface area contributed by atoms with Gasteiger partial charge in [0.15, 0.2) is 0 Å². The molecule has 0 fully saturated rings. The van der Waals surface area contributed by atoms with E-state index in [4.69, 9.17) is 0 Å². The fourth-order valence-electron chi connectivity index (χ4n) is 3.06. The number of benzene rings is 2. The summed E-state index contributed by atoms with van der Waals surface area (Å²) in [6.07, 6.45) is 0. The van der Waals surface area contributed by atoms with E-state index in [0.717, 1.165) is 11.7 Å². The molecule has 1 aliphatic rings. The molecule has 0 amide bonds. The molecule has 0 bridgehead atoms. The van der Waals surface area contributed by atoms with E-state index in [1.165, 1.54) is 11.1 Å². The van der Waals surface area contributed by atoms with Gasteiger partial charge in [-0.2, -0.15) is 0 Å². The van der Waals surface area contributed by atoms with Gasteiger partial charge < -0.3 is 5.32 Å². The van der Waals surface area contributed by atoms with Crippen molar-refractivity contribution in [2.45, 2.75) is 38.5 Å². The van der Waals surface area contributed by atoms with Crippen LogP contribution >= 0.6 is 0 Å². The van der Waals surface area contributed by atoms with E-state index in [-0.39, 0.29) is 10.8 Å². The van der Waals surface area contributed by atoms with Gasteiger partial charge in [0.1, 0.15) is 18.3 Å². The molecule has 0 atom stereocenters. The molecule has 0 saturated heterocycles. The monoisotopic (exact) mass is 319 g/mol. The first-order chi connectivity index (χ1) is 11.4. The first-order valence-corrected chi connectivity index (χ1v) is 8.40. The van der Waals surface area contributed by atoms with Crippen molar-refractivity contribution in [3.05, 3.63) is 71.8 Å². The Labute approximate surface area is 144 Å². The first kappa shape index (κ1) is 16.4. The average molecular weight is 319 g/mol. The number of aliphatic imine (C=N–C) groups is 2. The molecule has 2 aromatic rings. The largest absolute Gasteiger partial charge is 0.331 e. The molecule has 0 saturated carbocycles. The minimum absolute atomic E-state index is 0.185. The second-order valence-corrected chi connectivity index (χ2v) is 7.26. The Morgan fingerprint density at radius 3 is 1.42 bits per heavy atom. The van der Waals surface area contributed by atoms with Crippen molar-refractivity contribution in [1.29, 1.82) is 0 Å². The van der Waals surface area contributed by atoms with Crippen LogP contribution in [0.5, 0.6) is 0 Å². The lowest BCUT2D eigenvalue weighted by molar-refractivity contribution is 0.652. The van der Waals surface area contributed by atoms with Crippen molar-refractivity contribution in [3.8, 4) is 0 Å². The number of nitrogens with zero attached hydrogens (tertiary/aromatic N) is 2. The van der Waals surface area contributed by atoms with E-state index >= 15 is 0 Å². The lowest BCUT2D eigenvalue weighted by Crippen LogP contribution is -2.51. The van der Waals surface area contributed by atoms with Crippen LogP contribution in [0, 0.1) is 0 Å². The summed E-state index contributed by atoms with van der Waals surface area (Å²) in [4.78, 5) is 9.31. The molecule has 0 unspecified atom stereocenters. The van der Waals surface area contributed by atoms with Crippen molar-refractivity contribution in [2.75, 3.05) is 6.67 Å². The zero-order valence-electron chi connectivity index (χ0n) is 14.9. The second-order valence-electron chi connectivity index (χ2n) is 7.26. The van der Waals surface area contributed by atoms with E-state index in [1.807, 2.05) is 12.1 Å². The normalized spacial score (nSPS) is 15.3. The van der Waals surface area contributed by atoms with Crippen LogP contribution in [-0.2, 0) is 10.8 Å². The number of hydrogen-bond donors (Lipinski definition) is 1. The van der Waals surface area contributed by atoms with Crippen LogP contribution in [0.15, 0.2) is 70.6 Å². The molecule has 0 radical (unpaired) electrons. The van der Waals surface area contributed by atoms with Gasteiger partial charge in [-0.25, -0.2) is 9.98 Å². The van der Waals surface area contributed by atoms with Gasteiger partial charge >= 0.3 is 0 Å². The Balaban J connectivity index is 1.87. The molecule has 3 heteroatoms. The third-order valence-electron chi connectivity index (χ3n) is 4.87. The molecular formula is C21H25N3. The van der Waals surface area contributed by atoms with Gasteiger partial charge in [0.05, 0.1) is 0 Å². The molecule has 0 aromatic heterocycles. The Bertz CT molecular complexity index is 691. The van der Waals surface area contributed by atoms with E-state index < -0.39 is 0 Å². The summed E-state index contributed by atoms with van der Waals surface area (Å²) >= 11 is 0. The van der Waals surface area contributed by atoms with E-state index in [1.54, 1.807) is 0 Å². The van der Waals surface area contributed by atoms with Gasteiger partial charge in [-0.3, -0.25) is 0 Å². The number of nitrogens with one attached hydrogen (secondary N) is 1. The molecule has 3 rings (SSSR count). The predicted molar refractivity (Wildman–Crippen MR) is 102 cm³/mol. The Morgan fingerprint density at radius 2 is 1.04 bits per heavy atom. The molecule has 1 heterocycles. The second kappa shape index (κ2) is 6.23. The Morgan fingerprint density at radius 1 is 0.667 bits per heavy atom. The summed E-state index contributed by atoms with van der Waals surface area (Å²) in [6, 6.07) is 21.0. The Kier molecular flexibility index (Phi) is 4.27. The summed E-state index contributed by atoms with van der Waals surface area (Å²) in [6.45, 7) is 9.28. The lowest BCUT2D eigenvalue weighted by atomic mass is 9.80. The molecule has 1 N–H and O–H groups in total. The van der Waals surface area contributed by atoms with Crippen LogP contribution in [-0.4, -0.2) is 18.3 Å². The van der Waals surface area contributed by atoms with Crippen molar-refractivity contribution < 1.29 is 0 Å². The predicted octanol–water partition coefficient (Wildman–Crippen LogP) is 4.30. The number of rotatable bonds is 4. The van der Waals surface area contributed by atoms with Gasteiger partial charge in [-0.1, -0.05) is 60.7 Å². The van der Waals surface area contributed by atoms with Gasteiger partial charge in [0, 0.05) is 10.8 Å². The van der Waals surface area contributed by atoms with Crippen LogP contribution in [0.1, 0.15) is 38.8 Å². The molecule has 1 aliphatic heterocycles. The highest BCUT2D eigenvalue weighted by Gasteiger charge is 2.34. The fourth-order valence-corrected chi connectivity index (χ4v) is 3.06. The first-order valence-electron chi connectivity index (χ1n) is 8.40. The third kappa shape index (κ3) is 2.99. The summed E-state index contributed by atoms with van der Waals surface area (Å²) in [5.74, 6) is 1.95. The summed E-state index contributed by atoms with van der Waals surface area (Å²) in [7, 11) is 0. The van der Waals surface area contributed by atoms with Crippen LogP contribution in [0.4, 0.5) is 0 Å². The van der Waals surface area contributed by atoms with E-state index in [9.17, 15) is 0 Å². The van der Waals surface area contributed by atoms with Crippen molar-refractivity contribution in [1.82, 2.24) is 5.32 Å². The number of hydrogen-bond acceptors (Lipinski definition) is 3. The van der Waals surface area contributed by atoms with Crippen LogP contribution in [0.3, 0.4) is 0 Å². The highest BCUT2D eigenvalue weighted by Crippen LogP contribution is 2.28. The number of amidine groups is 2. The topological polar surface area (TPSA) is 36.8 Å². The van der Waals surface area contributed by atoms with Crippen LogP contribution in [0.25, 0.3) is 0 Å². The molecule has 0 aliphatic carbocycles. The maximum atomic E-state index is 4.65. The molecular weight excluding hydrogens is 294 g/mol.